The first-order valence-electron chi connectivity index (χ1n) is 6.26. The van der Waals surface area contributed by atoms with E-state index in [4.69, 9.17) is 5.73 Å². The molecule has 0 aliphatic heterocycles. The van der Waals surface area contributed by atoms with Crippen LogP contribution in [0.4, 0.5) is 0 Å². The molecule has 0 fully saturated rings. The van der Waals surface area contributed by atoms with E-state index in [0.717, 1.165) is 11.1 Å². The number of aromatic nitrogens is 3. The van der Waals surface area contributed by atoms with Gasteiger partial charge in [-0.25, -0.2) is 4.98 Å². The maximum Gasteiger partial charge on any atom is 0.181 e. The van der Waals surface area contributed by atoms with E-state index in [2.05, 4.69) is 15.2 Å². The van der Waals surface area contributed by atoms with Gasteiger partial charge in [0.1, 0.15) is 11.6 Å². The van der Waals surface area contributed by atoms with Crippen LogP contribution in [0.25, 0.3) is 11.4 Å². The van der Waals surface area contributed by atoms with Crippen molar-refractivity contribution in [2.75, 3.05) is 0 Å². The van der Waals surface area contributed by atoms with Crippen molar-refractivity contribution in [1.82, 2.24) is 15.2 Å². The number of nitrogens with one attached hydrogen (secondary N) is 1. The van der Waals surface area contributed by atoms with E-state index in [1.165, 1.54) is 0 Å². The third-order valence-electron chi connectivity index (χ3n) is 3.06. The van der Waals surface area contributed by atoms with E-state index in [9.17, 15) is 5.11 Å². The summed E-state index contributed by atoms with van der Waals surface area (Å²) in [6.07, 6.45) is 0. The fourth-order valence-corrected chi connectivity index (χ4v) is 2.01. The zero-order valence-electron chi connectivity index (χ0n) is 10.7. The van der Waals surface area contributed by atoms with Crippen LogP contribution in [0, 0.1) is 0 Å². The van der Waals surface area contributed by atoms with Gasteiger partial charge in [-0.15, -0.1) is 0 Å². The molecule has 0 aliphatic rings. The Hall–Kier alpha value is -2.66. The van der Waals surface area contributed by atoms with Crippen molar-refractivity contribution in [3.8, 4) is 17.1 Å². The first-order chi connectivity index (χ1) is 9.74. The summed E-state index contributed by atoms with van der Waals surface area (Å²) < 4.78 is 0. The van der Waals surface area contributed by atoms with E-state index in [1.54, 1.807) is 18.2 Å². The minimum atomic E-state index is -0.352. The van der Waals surface area contributed by atoms with E-state index in [1.807, 2.05) is 36.4 Å². The maximum atomic E-state index is 9.48. The lowest BCUT2D eigenvalue weighted by atomic mass is 10.1. The van der Waals surface area contributed by atoms with Crippen LogP contribution in [0.15, 0.2) is 54.6 Å². The van der Waals surface area contributed by atoms with E-state index < -0.39 is 0 Å². The van der Waals surface area contributed by atoms with Crippen molar-refractivity contribution < 1.29 is 5.11 Å². The van der Waals surface area contributed by atoms with Gasteiger partial charge in [0.25, 0.3) is 0 Å². The molecule has 1 atom stereocenters. The minimum absolute atomic E-state index is 0.182. The van der Waals surface area contributed by atoms with Crippen molar-refractivity contribution in [3.63, 3.8) is 0 Å². The van der Waals surface area contributed by atoms with E-state index in [0.29, 0.717) is 11.6 Å². The second-order valence-corrected chi connectivity index (χ2v) is 4.48. The van der Waals surface area contributed by atoms with Crippen molar-refractivity contribution in [1.29, 1.82) is 0 Å². The Bertz CT molecular complexity index is 709. The van der Waals surface area contributed by atoms with Crippen LogP contribution in [0.3, 0.4) is 0 Å². The average Bonchev–Trinajstić information content (AvgIpc) is 2.97. The number of hydrogen-bond acceptors (Lipinski definition) is 4. The number of phenolic OH excluding ortho intramolecular Hbond substituents is 1. The molecule has 1 heterocycles. The number of H-pyrrole nitrogens is 1. The van der Waals surface area contributed by atoms with E-state index in [-0.39, 0.29) is 11.8 Å². The van der Waals surface area contributed by atoms with Crippen LogP contribution in [-0.2, 0) is 0 Å². The Kier molecular flexibility index (Phi) is 3.18. The second-order valence-electron chi connectivity index (χ2n) is 4.48. The quantitative estimate of drug-likeness (QED) is 0.678. The highest BCUT2D eigenvalue weighted by atomic mass is 16.3. The summed E-state index contributed by atoms with van der Waals surface area (Å²) in [6.45, 7) is 0. The van der Waals surface area contributed by atoms with Crippen molar-refractivity contribution >= 4 is 0 Å². The molecular formula is C15H14N4O. The number of rotatable bonds is 3. The Morgan fingerprint density at radius 3 is 2.60 bits per heavy atom. The number of aromatic hydroxyl groups is 1. The third-order valence-corrected chi connectivity index (χ3v) is 3.06. The lowest BCUT2D eigenvalue weighted by molar-refractivity contribution is 0.475. The molecule has 5 nitrogen and oxygen atoms in total. The molecular weight excluding hydrogens is 252 g/mol. The van der Waals surface area contributed by atoms with Crippen LogP contribution in [-0.4, -0.2) is 20.3 Å². The molecule has 3 rings (SSSR count). The van der Waals surface area contributed by atoms with Gasteiger partial charge in [0.2, 0.25) is 0 Å². The van der Waals surface area contributed by atoms with Crippen LogP contribution in [0.5, 0.6) is 5.75 Å². The molecule has 0 aliphatic carbocycles. The third kappa shape index (κ3) is 2.39. The maximum absolute atomic E-state index is 9.48. The van der Waals surface area contributed by atoms with Gasteiger partial charge in [-0.05, 0) is 17.7 Å². The standard InChI is InChI=1S/C15H14N4O/c16-13(10-5-2-1-3-6-10)15-17-14(18-19-15)11-7-4-8-12(20)9-11/h1-9,13,20H,16H2,(H,17,18,19). The molecule has 5 heteroatoms. The number of benzene rings is 2. The van der Waals surface area contributed by atoms with Gasteiger partial charge in [0.15, 0.2) is 5.82 Å². The van der Waals surface area contributed by atoms with Gasteiger partial charge in [0, 0.05) is 5.56 Å². The number of phenols is 1. The highest BCUT2D eigenvalue weighted by Crippen LogP contribution is 2.22. The molecule has 4 N–H and O–H groups in total. The normalized spacial score (nSPS) is 12.2. The van der Waals surface area contributed by atoms with Crippen molar-refractivity contribution in [2.24, 2.45) is 5.73 Å². The molecule has 100 valence electrons. The van der Waals surface area contributed by atoms with Gasteiger partial charge in [0.05, 0.1) is 6.04 Å². The van der Waals surface area contributed by atoms with Gasteiger partial charge >= 0.3 is 0 Å². The molecule has 1 aromatic heterocycles. The highest BCUT2D eigenvalue weighted by Gasteiger charge is 2.14. The van der Waals surface area contributed by atoms with Gasteiger partial charge in [-0.2, -0.15) is 5.10 Å². The molecule has 0 amide bonds. The summed E-state index contributed by atoms with van der Waals surface area (Å²) in [5.74, 6) is 1.29. The number of aromatic amines is 1. The van der Waals surface area contributed by atoms with Gasteiger partial charge in [-0.1, -0.05) is 42.5 Å². The topological polar surface area (TPSA) is 87.8 Å². The van der Waals surface area contributed by atoms with Crippen molar-refractivity contribution in [3.05, 3.63) is 66.0 Å². The predicted octanol–water partition coefficient (Wildman–Crippen LogP) is 2.23. The fourth-order valence-electron chi connectivity index (χ4n) is 2.01. The summed E-state index contributed by atoms with van der Waals surface area (Å²) in [5.41, 5.74) is 7.86. The monoisotopic (exact) mass is 266 g/mol. The molecule has 0 bridgehead atoms. The highest BCUT2D eigenvalue weighted by molar-refractivity contribution is 5.57. The molecule has 0 spiro atoms. The smallest absolute Gasteiger partial charge is 0.181 e. The molecule has 0 radical (unpaired) electrons. The average molecular weight is 266 g/mol. The summed E-state index contributed by atoms with van der Waals surface area (Å²) in [5, 5.41) is 16.5. The van der Waals surface area contributed by atoms with Crippen LogP contribution >= 0.6 is 0 Å². The zero-order chi connectivity index (χ0) is 13.9. The van der Waals surface area contributed by atoms with Gasteiger partial charge in [-0.3, -0.25) is 5.10 Å². The molecule has 20 heavy (non-hydrogen) atoms. The van der Waals surface area contributed by atoms with Crippen LogP contribution < -0.4 is 5.73 Å². The zero-order valence-corrected chi connectivity index (χ0v) is 10.7. The largest absolute Gasteiger partial charge is 0.508 e. The Morgan fingerprint density at radius 1 is 1.05 bits per heavy atom. The predicted molar refractivity (Wildman–Crippen MR) is 76.0 cm³/mol. The fraction of sp³-hybridized carbons (Fsp3) is 0.0667. The second kappa shape index (κ2) is 5.14. The molecule has 0 saturated carbocycles. The number of hydrogen-bond donors (Lipinski definition) is 3. The Morgan fingerprint density at radius 2 is 1.85 bits per heavy atom. The Labute approximate surface area is 116 Å². The van der Waals surface area contributed by atoms with Crippen LogP contribution in [0.2, 0.25) is 0 Å². The summed E-state index contributed by atoms with van der Waals surface area (Å²) in [4.78, 5) is 4.40. The summed E-state index contributed by atoms with van der Waals surface area (Å²) in [7, 11) is 0. The molecule has 3 aromatic rings. The first kappa shape index (κ1) is 12.4. The molecule has 0 saturated heterocycles. The summed E-state index contributed by atoms with van der Waals surface area (Å²) in [6, 6.07) is 16.1. The SMILES string of the molecule is NC(c1ccccc1)c1nc(-c2cccc(O)c2)n[nH]1. The van der Waals surface area contributed by atoms with Crippen LogP contribution in [0.1, 0.15) is 17.4 Å². The lowest BCUT2D eigenvalue weighted by Gasteiger charge is -2.07. The summed E-state index contributed by atoms with van der Waals surface area (Å²) >= 11 is 0. The van der Waals surface area contributed by atoms with Gasteiger partial charge < -0.3 is 10.8 Å². The number of nitrogens with two attached hydrogens (primary N) is 1. The molecule has 2 aromatic carbocycles. The van der Waals surface area contributed by atoms with E-state index >= 15 is 0 Å². The lowest BCUT2D eigenvalue weighted by Crippen LogP contribution is -2.13. The van der Waals surface area contributed by atoms with Crippen molar-refractivity contribution in [2.45, 2.75) is 6.04 Å². The molecule has 1 unspecified atom stereocenters. The minimum Gasteiger partial charge on any atom is -0.508 e. The first-order valence-corrected chi connectivity index (χ1v) is 6.26. The number of nitrogens with zero attached hydrogens (tertiary/aromatic N) is 2. The Balaban J connectivity index is 1.91.